The van der Waals surface area contributed by atoms with Crippen molar-refractivity contribution >= 4 is 34.7 Å². The van der Waals surface area contributed by atoms with Crippen LogP contribution >= 0.6 is 23.1 Å². The Kier molecular flexibility index (Phi) is 6.69. The number of nitrogens with zero attached hydrogens (tertiary/aromatic N) is 3. The Morgan fingerprint density at radius 1 is 1.10 bits per heavy atom. The Bertz CT molecular complexity index is 1140. The van der Waals surface area contributed by atoms with E-state index in [0.717, 1.165) is 16.3 Å². The van der Waals surface area contributed by atoms with E-state index in [9.17, 15) is 4.79 Å². The number of benzene rings is 2. The summed E-state index contributed by atoms with van der Waals surface area (Å²) in [4.78, 5) is 14.4. The van der Waals surface area contributed by atoms with Gasteiger partial charge in [-0.1, -0.05) is 60.3 Å². The number of anilines is 1. The average Bonchev–Trinajstić information content (AvgIpc) is 3.44. The molecule has 0 aliphatic rings. The van der Waals surface area contributed by atoms with Gasteiger partial charge in [-0.15, -0.1) is 21.5 Å². The summed E-state index contributed by atoms with van der Waals surface area (Å²) in [6, 6.07) is 21.1. The van der Waals surface area contributed by atoms with Gasteiger partial charge in [0.15, 0.2) is 11.0 Å². The van der Waals surface area contributed by atoms with E-state index in [1.165, 1.54) is 11.8 Å². The number of amides is 1. The van der Waals surface area contributed by atoms with Crippen molar-refractivity contribution in [3.05, 3.63) is 77.7 Å². The van der Waals surface area contributed by atoms with Crippen molar-refractivity contribution in [1.29, 1.82) is 0 Å². The highest BCUT2D eigenvalue weighted by Crippen LogP contribution is 2.37. The monoisotopic (exact) mass is 450 g/mol. The molecule has 8 heteroatoms. The SMILES string of the molecule is CCOc1ccccc1NC(=O)C(Sc1nnc(-c2cccs2)n1C)c1ccccc1. The average molecular weight is 451 g/mol. The van der Waals surface area contributed by atoms with Crippen LogP contribution in [0.2, 0.25) is 0 Å². The molecule has 0 spiro atoms. The van der Waals surface area contributed by atoms with Crippen LogP contribution in [0.4, 0.5) is 5.69 Å². The zero-order valence-corrected chi connectivity index (χ0v) is 18.8. The minimum absolute atomic E-state index is 0.149. The van der Waals surface area contributed by atoms with Crippen LogP contribution in [0.25, 0.3) is 10.7 Å². The van der Waals surface area contributed by atoms with Crippen LogP contribution in [0.5, 0.6) is 5.75 Å². The molecule has 31 heavy (non-hydrogen) atoms. The van der Waals surface area contributed by atoms with E-state index < -0.39 is 5.25 Å². The van der Waals surface area contributed by atoms with Crippen molar-refractivity contribution in [2.24, 2.45) is 7.05 Å². The van der Waals surface area contributed by atoms with E-state index in [4.69, 9.17) is 4.74 Å². The summed E-state index contributed by atoms with van der Waals surface area (Å²) in [5.41, 5.74) is 1.53. The molecule has 1 unspecified atom stereocenters. The van der Waals surface area contributed by atoms with Crippen molar-refractivity contribution in [1.82, 2.24) is 14.8 Å². The van der Waals surface area contributed by atoms with Gasteiger partial charge in [0.2, 0.25) is 5.91 Å². The predicted molar refractivity (Wildman–Crippen MR) is 126 cm³/mol. The number of carbonyl (C=O) groups is 1. The second-order valence-electron chi connectivity index (χ2n) is 6.67. The van der Waals surface area contributed by atoms with Gasteiger partial charge in [-0.25, -0.2) is 0 Å². The van der Waals surface area contributed by atoms with E-state index in [1.807, 2.05) is 90.6 Å². The first kappa shape index (κ1) is 21.1. The topological polar surface area (TPSA) is 69.0 Å². The highest BCUT2D eigenvalue weighted by Gasteiger charge is 2.26. The molecular weight excluding hydrogens is 428 g/mol. The molecule has 1 atom stereocenters. The number of para-hydroxylation sites is 2. The number of carbonyl (C=O) groups excluding carboxylic acids is 1. The second kappa shape index (κ2) is 9.80. The standard InChI is InChI=1S/C23H22N4O2S2/c1-3-29-18-13-8-7-12-17(18)24-22(28)20(16-10-5-4-6-11-16)31-23-26-25-21(27(23)2)19-14-9-15-30-19/h4-15,20H,3H2,1-2H3,(H,24,28). The lowest BCUT2D eigenvalue weighted by molar-refractivity contribution is -0.115. The summed E-state index contributed by atoms with van der Waals surface area (Å²) in [5, 5.41) is 13.9. The Labute approximate surface area is 189 Å². The van der Waals surface area contributed by atoms with Crippen molar-refractivity contribution in [3.63, 3.8) is 0 Å². The zero-order valence-electron chi connectivity index (χ0n) is 17.2. The summed E-state index contributed by atoms with van der Waals surface area (Å²) < 4.78 is 7.58. The number of nitrogens with one attached hydrogen (secondary N) is 1. The van der Waals surface area contributed by atoms with Gasteiger partial charge in [-0.2, -0.15) is 0 Å². The molecule has 0 aliphatic heterocycles. The van der Waals surface area contributed by atoms with Gasteiger partial charge in [0.25, 0.3) is 0 Å². The fraction of sp³-hybridized carbons (Fsp3) is 0.174. The highest BCUT2D eigenvalue weighted by molar-refractivity contribution is 8.00. The molecule has 0 saturated heterocycles. The fourth-order valence-electron chi connectivity index (χ4n) is 3.09. The van der Waals surface area contributed by atoms with E-state index in [-0.39, 0.29) is 5.91 Å². The molecule has 2 aromatic carbocycles. The normalized spacial score (nSPS) is 11.8. The molecule has 0 fully saturated rings. The zero-order chi connectivity index (χ0) is 21.6. The van der Waals surface area contributed by atoms with Crippen molar-refractivity contribution in [2.45, 2.75) is 17.3 Å². The van der Waals surface area contributed by atoms with Crippen LogP contribution < -0.4 is 10.1 Å². The third kappa shape index (κ3) is 4.81. The lowest BCUT2D eigenvalue weighted by Gasteiger charge is -2.18. The molecule has 4 rings (SSSR count). The third-order valence-corrected chi connectivity index (χ3v) is 6.74. The quantitative estimate of drug-likeness (QED) is 0.363. The number of thioether (sulfide) groups is 1. The Balaban J connectivity index is 1.63. The minimum Gasteiger partial charge on any atom is -0.492 e. The van der Waals surface area contributed by atoms with E-state index in [1.54, 1.807) is 11.3 Å². The molecule has 6 nitrogen and oxygen atoms in total. The maximum atomic E-state index is 13.4. The molecule has 4 aromatic rings. The first-order valence-corrected chi connectivity index (χ1v) is 11.6. The van der Waals surface area contributed by atoms with Crippen LogP contribution in [-0.2, 0) is 11.8 Å². The Morgan fingerprint density at radius 2 is 1.87 bits per heavy atom. The number of aromatic nitrogens is 3. The lowest BCUT2D eigenvalue weighted by Crippen LogP contribution is -2.20. The minimum atomic E-state index is -0.505. The molecule has 158 valence electrons. The molecule has 0 bridgehead atoms. The molecular formula is C23H22N4O2S2. The summed E-state index contributed by atoms with van der Waals surface area (Å²) in [6.45, 7) is 2.44. The van der Waals surface area contributed by atoms with Crippen molar-refractivity contribution in [2.75, 3.05) is 11.9 Å². The summed E-state index contributed by atoms with van der Waals surface area (Å²) in [6.07, 6.45) is 0. The maximum Gasteiger partial charge on any atom is 0.242 e. The van der Waals surface area contributed by atoms with Crippen LogP contribution in [-0.4, -0.2) is 27.3 Å². The number of hydrogen-bond acceptors (Lipinski definition) is 6. The fourth-order valence-corrected chi connectivity index (χ4v) is 4.84. The van der Waals surface area contributed by atoms with Crippen LogP contribution in [0, 0.1) is 0 Å². The van der Waals surface area contributed by atoms with Gasteiger partial charge in [0, 0.05) is 7.05 Å². The maximum absolute atomic E-state index is 13.4. The van der Waals surface area contributed by atoms with Gasteiger partial charge < -0.3 is 14.6 Å². The predicted octanol–water partition coefficient (Wildman–Crippen LogP) is 5.41. The Hall–Kier alpha value is -3.10. The first-order chi connectivity index (χ1) is 15.2. The van der Waals surface area contributed by atoms with Crippen molar-refractivity contribution < 1.29 is 9.53 Å². The number of ether oxygens (including phenoxy) is 1. The lowest BCUT2D eigenvalue weighted by atomic mass is 10.1. The van der Waals surface area contributed by atoms with Crippen LogP contribution in [0.3, 0.4) is 0 Å². The number of rotatable bonds is 8. The molecule has 0 saturated carbocycles. The number of thiophene rings is 1. The molecule has 2 aromatic heterocycles. The first-order valence-electron chi connectivity index (χ1n) is 9.85. The molecule has 0 aliphatic carbocycles. The largest absolute Gasteiger partial charge is 0.492 e. The van der Waals surface area contributed by atoms with Gasteiger partial charge >= 0.3 is 0 Å². The molecule has 0 radical (unpaired) electrons. The van der Waals surface area contributed by atoms with E-state index in [2.05, 4.69) is 15.5 Å². The summed E-state index contributed by atoms with van der Waals surface area (Å²) in [5.74, 6) is 1.28. The number of hydrogen-bond donors (Lipinski definition) is 1. The Morgan fingerprint density at radius 3 is 2.61 bits per heavy atom. The smallest absolute Gasteiger partial charge is 0.242 e. The molecule has 2 heterocycles. The van der Waals surface area contributed by atoms with Crippen LogP contribution in [0.15, 0.2) is 77.3 Å². The molecule has 1 amide bonds. The van der Waals surface area contributed by atoms with E-state index >= 15 is 0 Å². The third-order valence-electron chi connectivity index (χ3n) is 4.58. The van der Waals surface area contributed by atoms with Crippen molar-refractivity contribution in [3.8, 4) is 16.5 Å². The summed E-state index contributed by atoms with van der Waals surface area (Å²) >= 11 is 2.98. The van der Waals surface area contributed by atoms with Gasteiger partial charge in [0.1, 0.15) is 11.0 Å². The van der Waals surface area contributed by atoms with Gasteiger partial charge in [-0.3, -0.25) is 4.79 Å². The van der Waals surface area contributed by atoms with Crippen LogP contribution in [0.1, 0.15) is 17.7 Å². The highest BCUT2D eigenvalue weighted by atomic mass is 32.2. The van der Waals surface area contributed by atoms with Gasteiger partial charge in [-0.05, 0) is 36.1 Å². The molecule has 1 N–H and O–H groups in total. The second-order valence-corrected chi connectivity index (χ2v) is 8.69. The van der Waals surface area contributed by atoms with Gasteiger partial charge in [0.05, 0.1) is 17.2 Å². The summed E-state index contributed by atoms with van der Waals surface area (Å²) in [7, 11) is 1.92. The van der Waals surface area contributed by atoms with E-state index in [0.29, 0.717) is 23.2 Å².